The molecule has 0 amide bonds. The lowest BCUT2D eigenvalue weighted by Crippen LogP contribution is -2.19. The van der Waals surface area contributed by atoms with Gasteiger partial charge in [-0.2, -0.15) is 4.98 Å². The smallest absolute Gasteiger partial charge is 0.231 e. The highest BCUT2D eigenvalue weighted by Gasteiger charge is 2.28. The molecule has 2 aromatic heterocycles. The van der Waals surface area contributed by atoms with E-state index in [1.54, 1.807) is 12.4 Å². The minimum atomic E-state index is 0.255. The Morgan fingerprint density at radius 1 is 1.12 bits per heavy atom. The van der Waals surface area contributed by atoms with Crippen molar-refractivity contribution in [3.8, 4) is 11.4 Å². The minimum Gasteiger partial charge on any atom is -0.339 e. The Morgan fingerprint density at radius 2 is 1.96 bits per heavy atom. The fraction of sp³-hybridized carbons (Fsp3) is 0.278. The molecule has 1 aromatic carbocycles. The molecule has 0 radical (unpaired) electrons. The van der Waals surface area contributed by atoms with Crippen LogP contribution in [0.1, 0.15) is 23.8 Å². The number of hydrogen-bond acceptors (Lipinski definition) is 5. The number of halogens is 2. The first-order chi connectivity index (χ1) is 12.2. The van der Waals surface area contributed by atoms with E-state index in [2.05, 4.69) is 20.0 Å². The molecule has 3 heterocycles. The fourth-order valence-electron chi connectivity index (χ4n) is 3.09. The third-order valence-electron chi connectivity index (χ3n) is 4.39. The zero-order chi connectivity index (χ0) is 17.2. The SMILES string of the molecule is Clc1ccc(CN2CCC(c3nc(-c4ccncc4)no3)C2)cc1Cl. The quantitative estimate of drug-likeness (QED) is 0.675. The predicted octanol–water partition coefficient (Wildman–Crippen LogP) is 4.43. The summed E-state index contributed by atoms with van der Waals surface area (Å²) in [5, 5.41) is 5.27. The van der Waals surface area contributed by atoms with Crippen molar-refractivity contribution in [2.75, 3.05) is 13.1 Å². The van der Waals surface area contributed by atoms with E-state index in [9.17, 15) is 0 Å². The Balaban J connectivity index is 1.42. The molecule has 1 aliphatic rings. The van der Waals surface area contributed by atoms with Crippen LogP contribution in [0.25, 0.3) is 11.4 Å². The molecule has 0 saturated carbocycles. The molecule has 1 unspecified atom stereocenters. The van der Waals surface area contributed by atoms with Gasteiger partial charge in [-0.05, 0) is 42.8 Å². The average Bonchev–Trinajstić information content (AvgIpc) is 3.28. The molecule has 128 valence electrons. The van der Waals surface area contributed by atoms with E-state index >= 15 is 0 Å². The fourth-order valence-corrected chi connectivity index (χ4v) is 3.41. The summed E-state index contributed by atoms with van der Waals surface area (Å²) < 4.78 is 5.49. The van der Waals surface area contributed by atoms with Gasteiger partial charge < -0.3 is 4.52 Å². The van der Waals surface area contributed by atoms with Crippen LogP contribution < -0.4 is 0 Å². The number of hydrogen-bond donors (Lipinski definition) is 0. The third kappa shape index (κ3) is 3.68. The highest BCUT2D eigenvalue weighted by atomic mass is 35.5. The second-order valence-corrected chi connectivity index (χ2v) is 6.98. The second-order valence-electron chi connectivity index (χ2n) is 6.16. The zero-order valence-electron chi connectivity index (χ0n) is 13.4. The van der Waals surface area contributed by atoms with Crippen molar-refractivity contribution >= 4 is 23.2 Å². The molecule has 0 bridgehead atoms. The lowest BCUT2D eigenvalue weighted by atomic mass is 10.1. The average molecular weight is 375 g/mol. The minimum absolute atomic E-state index is 0.255. The molecule has 7 heteroatoms. The van der Waals surface area contributed by atoms with Gasteiger partial charge in [0.05, 0.1) is 16.0 Å². The van der Waals surface area contributed by atoms with Crippen LogP contribution in [-0.2, 0) is 6.54 Å². The van der Waals surface area contributed by atoms with E-state index in [0.717, 1.165) is 37.2 Å². The molecular formula is C18H16Cl2N4O. The molecule has 1 atom stereocenters. The number of benzene rings is 1. The first kappa shape index (κ1) is 16.5. The highest BCUT2D eigenvalue weighted by Crippen LogP contribution is 2.29. The van der Waals surface area contributed by atoms with Gasteiger partial charge in [-0.1, -0.05) is 34.4 Å². The molecule has 3 aromatic rings. The van der Waals surface area contributed by atoms with Crippen molar-refractivity contribution in [1.29, 1.82) is 0 Å². The van der Waals surface area contributed by atoms with E-state index in [1.807, 2.05) is 30.3 Å². The van der Waals surface area contributed by atoms with Gasteiger partial charge in [-0.15, -0.1) is 0 Å². The molecule has 1 fully saturated rings. The number of likely N-dealkylation sites (tertiary alicyclic amines) is 1. The normalized spacial score (nSPS) is 17.9. The molecule has 0 N–H and O–H groups in total. The van der Waals surface area contributed by atoms with Crippen LogP contribution in [0.5, 0.6) is 0 Å². The van der Waals surface area contributed by atoms with Crippen LogP contribution in [0, 0.1) is 0 Å². The zero-order valence-corrected chi connectivity index (χ0v) is 14.9. The van der Waals surface area contributed by atoms with E-state index in [-0.39, 0.29) is 5.92 Å². The monoisotopic (exact) mass is 374 g/mol. The van der Waals surface area contributed by atoms with Gasteiger partial charge in [0.15, 0.2) is 0 Å². The van der Waals surface area contributed by atoms with Crippen molar-refractivity contribution in [3.63, 3.8) is 0 Å². The Labute approximate surface area is 155 Å². The Hall–Kier alpha value is -1.95. The maximum atomic E-state index is 6.10. The first-order valence-electron chi connectivity index (χ1n) is 8.09. The van der Waals surface area contributed by atoms with Crippen LogP contribution >= 0.6 is 23.2 Å². The first-order valence-corrected chi connectivity index (χ1v) is 8.85. The number of rotatable bonds is 4. The molecule has 25 heavy (non-hydrogen) atoms. The van der Waals surface area contributed by atoms with E-state index in [0.29, 0.717) is 21.8 Å². The maximum Gasteiger partial charge on any atom is 0.231 e. The van der Waals surface area contributed by atoms with E-state index in [4.69, 9.17) is 27.7 Å². The Kier molecular flexibility index (Phi) is 4.70. The summed E-state index contributed by atoms with van der Waals surface area (Å²) in [7, 11) is 0. The van der Waals surface area contributed by atoms with Crippen LogP contribution in [0.15, 0.2) is 47.2 Å². The van der Waals surface area contributed by atoms with Crippen molar-refractivity contribution in [2.45, 2.75) is 18.9 Å². The molecule has 0 aliphatic carbocycles. The molecular weight excluding hydrogens is 359 g/mol. The number of pyridine rings is 1. The summed E-state index contributed by atoms with van der Waals surface area (Å²) in [4.78, 5) is 10.9. The number of nitrogens with zero attached hydrogens (tertiary/aromatic N) is 4. The summed E-state index contributed by atoms with van der Waals surface area (Å²) in [5.41, 5.74) is 2.06. The molecule has 1 saturated heterocycles. The van der Waals surface area contributed by atoms with Gasteiger partial charge >= 0.3 is 0 Å². The van der Waals surface area contributed by atoms with Crippen LogP contribution in [0.3, 0.4) is 0 Å². The van der Waals surface area contributed by atoms with Gasteiger partial charge in [0.1, 0.15) is 0 Å². The van der Waals surface area contributed by atoms with E-state index in [1.165, 1.54) is 0 Å². The molecule has 1 aliphatic heterocycles. The van der Waals surface area contributed by atoms with Crippen molar-refractivity contribution in [1.82, 2.24) is 20.0 Å². The lowest BCUT2D eigenvalue weighted by Gasteiger charge is -2.15. The predicted molar refractivity (Wildman–Crippen MR) is 96.6 cm³/mol. The molecule has 0 spiro atoms. The van der Waals surface area contributed by atoms with Gasteiger partial charge in [-0.3, -0.25) is 9.88 Å². The van der Waals surface area contributed by atoms with Crippen LogP contribution in [0.2, 0.25) is 10.0 Å². The molecule has 5 nitrogen and oxygen atoms in total. The van der Waals surface area contributed by atoms with Crippen molar-refractivity contribution < 1.29 is 4.52 Å². The Morgan fingerprint density at radius 3 is 2.76 bits per heavy atom. The Bertz CT molecular complexity index is 869. The third-order valence-corrected chi connectivity index (χ3v) is 5.13. The summed E-state index contributed by atoms with van der Waals surface area (Å²) in [6.07, 6.45) is 4.44. The van der Waals surface area contributed by atoms with Gasteiger partial charge in [0.2, 0.25) is 11.7 Å². The highest BCUT2D eigenvalue weighted by molar-refractivity contribution is 6.42. The topological polar surface area (TPSA) is 55.1 Å². The lowest BCUT2D eigenvalue weighted by molar-refractivity contribution is 0.309. The largest absolute Gasteiger partial charge is 0.339 e. The summed E-state index contributed by atoms with van der Waals surface area (Å²) in [6, 6.07) is 9.52. The maximum absolute atomic E-state index is 6.10. The van der Waals surface area contributed by atoms with Gasteiger partial charge in [0.25, 0.3) is 0 Å². The summed E-state index contributed by atoms with van der Waals surface area (Å²) in [5.74, 6) is 1.56. The van der Waals surface area contributed by atoms with Gasteiger partial charge in [-0.25, -0.2) is 0 Å². The van der Waals surface area contributed by atoms with Crippen molar-refractivity contribution in [2.24, 2.45) is 0 Å². The van der Waals surface area contributed by atoms with E-state index < -0.39 is 0 Å². The van der Waals surface area contributed by atoms with Crippen molar-refractivity contribution in [3.05, 3.63) is 64.2 Å². The van der Waals surface area contributed by atoms with Crippen LogP contribution in [-0.4, -0.2) is 33.1 Å². The standard InChI is InChI=1S/C18H16Cl2N4O/c19-15-2-1-12(9-16(15)20)10-24-8-5-14(11-24)18-22-17(23-25-18)13-3-6-21-7-4-13/h1-4,6-7,9,14H,5,8,10-11H2. The summed E-state index contributed by atoms with van der Waals surface area (Å²) >= 11 is 12.1. The van der Waals surface area contributed by atoms with Gasteiger partial charge in [0, 0.05) is 31.0 Å². The second kappa shape index (κ2) is 7.12. The number of aromatic nitrogens is 3. The molecule has 4 rings (SSSR count). The van der Waals surface area contributed by atoms with Crippen LogP contribution in [0.4, 0.5) is 0 Å². The summed E-state index contributed by atoms with van der Waals surface area (Å²) in [6.45, 7) is 2.70.